The molecule has 0 aromatic heterocycles. The van der Waals surface area contributed by atoms with E-state index < -0.39 is 0 Å². The zero-order chi connectivity index (χ0) is 18.2. The summed E-state index contributed by atoms with van der Waals surface area (Å²) < 4.78 is 11.5. The lowest BCUT2D eigenvalue weighted by Gasteiger charge is -2.19. The Hall–Kier alpha value is -2.58. The molecule has 3 aromatic rings. The van der Waals surface area contributed by atoms with E-state index >= 15 is 0 Å². The van der Waals surface area contributed by atoms with Gasteiger partial charge in [0.1, 0.15) is 11.9 Å². The molecule has 0 radical (unpaired) electrons. The number of aryl methyl sites for hydroxylation is 2. The van der Waals surface area contributed by atoms with Crippen molar-refractivity contribution >= 4 is 0 Å². The summed E-state index contributed by atoms with van der Waals surface area (Å²) in [7, 11) is 1.69. The van der Waals surface area contributed by atoms with Gasteiger partial charge in [-0.1, -0.05) is 72.3 Å². The molecule has 0 saturated heterocycles. The summed E-state index contributed by atoms with van der Waals surface area (Å²) in [5, 5.41) is 0. The van der Waals surface area contributed by atoms with E-state index in [1.165, 1.54) is 22.3 Å². The smallest absolute Gasteiger partial charge is 0.118 e. The SMILES string of the molecule is COc1ccc(CCCOC(c2ccccc2)c2ccc(C)cc2)cc1. The molecule has 0 spiro atoms. The van der Waals surface area contributed by atoms with Gasteiger partial charge in [-0.25, -0.2) is 0 Å². The van der Waals surface area contributed by atoms with Gasteiger partial charge in [0.25, 0.3) is 0 Å². The molecular formula is C24H26O2. The first kappa shape index (κ1) is 18.2. The van der Waals surface area contributed by atoms with Crippen molar-refractivity contribution in [2.24, 2.45) is 0 Å². The predicted molar refractivity (Wildman–Crippen MR) is 107 cm³/mol. The fourth-order valence-electron chi connectivity index (χ4n) is 3.02. The second-order valence-corrected chi connectivity index (χ2v) is 6.52. The number of methoxy groups -OCH3 is 1. The molecule has 0 fully saturated rings. The summed E-state index contributed by atoms with van der Waals surface area (Å²) >= 11 is 0. The average Bonchev–Trinajstić information content (AvgIpc) is 2.70. The van der Waals surface area contributed by atoms with Crippen LogP contribution in [-0.4, -0.2) is 13.7 Å². The molecule has 0 amide bonds. The zero-order valence-electron chi connectivity index (χ0n) is 15.5. The quantitative estimate of drug-likeness (QED) is 0.484. The maximum Gasteiger partial charge on any atom is 0.118 e. The molecule has 3 aromatic carbocycles. The van der Waals surface area contributed by atoms with E-state index in [9.17, 15) is 0 Å². The largest absolute Gasteiger partial charge is 0.497 e. The number of hydrogen-bond acceptors (Lipinski definition) is 2. The molecule has 134 valence electrons. The Balaban J connectivity index is 1.61. The molecule has 1 atom stereocenters. The zero-order valence-corrected chi connectivity index (χ0v) is 15.5. The van der Waals surface area contributed by atoms with Crippen LogP contribution >= 0.6 is 0 Å². The van der Waals surface area contributed by atoms with Crippen LogP contribution in [0.5, 0.6) is 5.75 Å². The normalized spacial score (nSPS) is 11.9. The molecule has 2 nitrogen and oxygen atoms in total. The Morgan fingerprint density at radius 1 is 0.769 bits per heavy atom. The van der Waals surface area contributed by atoms with E-state index in [-0.39, 0.29) is 6.10 Å². The van der Waals surface area contributed by atoms with Crippen molar-refractivity contribution in [2.75, 3.05) is 13.7 Å². The van der Waals surface area contributed by atoms with Gasteiger partial charge in [-0.3, -0.25) is 0 Å². The summed E-state index contributed by atoms with van der Waals surface area (Å²) in [6.07, 6.45) is 1.97. The van der Waals surface area contributed by atoms with Crippen molar-refractivity contribution in [3.05, 3.63) is 101 Å². The molecule has 0 heterocycles. The third-order valence-electron chi connectivity index (χ3n) is 4.54. The van der Waals surface area contributed by atoms with Crippen molar-refractivity contribution in [2.45, 2.75) is 25.9 Å². The molecule has 0 aliphatic heterocycles. The Bertz CT molecular complexity index is 777. The Morgan fingerprint density at radius 3 is 2.08 bits per heavy atom. The number of ether oxygens (including phenoxy) is 2. The first-order valence-corrected chi connectivity index (χ1v) is 9.12. The molecular weight excluding hydrogens is 320 g/mol. The van der Waals surface area contributed by atoms with Crippen molar-refractivity contribution in [3.63, 3.8) is 0 Å². The van der Waals surface area contributed by atoms with Crippen molar-refractivity contribution in [1.82, 2.24) is 0 Å². The van der Waals surface area contributed by atoms with Crippen molar-refractivity contribution < 1.29 is 9.47 Å². The highest BCUT2D eigenvalue weighted by atomic mass is 16.5. The van der Waals surface area contributed by atoms with Crippen molar-refractivity contribution in [1.29, 1.82) is 0 Å². The second-order valence-electron chi connectivity index (χ2n) is 6.52. The maximum absolute atomic E-state index is 6.30. The van der Waals surface area contributed by atoms with E-state index in [2.05, 4.69) is 67.6 Å². The lowest BCUT2D eigenvalue weighted by atomic mass is 10.0. The van der Waals surface area contributed by atoms with Gasteiger partial charge in [0.2, 0.25) is 0 Å². The van der Waals surface area contributed by atoms with Gasteiger partial charge < -0.3 is 9.47 Å². The number of hydrogen-bond donors (Lipinski definition) is 0. The van der Waals surface area contributed by atoms with E-state index in [0.29, 0.717) is 0 Å². The minimum atomic E-state index is -0.0207. The topological polar surface area (TPSA) is 18.5 Å². The Labute approximate surface area is 156 Å². The minimum absolute atomic E-state index is 0.0207. The maximum atomic E-state index is 6.30. The van der Waals surface area contributed by atoms with Crippen LogP contribution in [0, 0.1) is 6.92 Å². The monoisotopic (exact) mass is 346 g/mol. The molecule has 0 bridgehead atoms. The molecule has 0 aliphatic rings. The number of rotatable bonds is 8. The van der Waals surface area contributed by atoms with E-state index in [1.807, 2.05) is 18.2 Å². The van der Waals surface area contributed by atoms with Crippen LogP contribution in [0.3, 0.4) is 0 Å². The third kappa shape index (κ3) is 4.96. The van der Waals surface area contributed by atoms with Gasteiger partial charge in [0.15, 0.2) is 0 Å². The lowest BCUT2D eigenvalue weighted by molar-refractivity contribution is 0.0783. The summed E-state index contributed by atoms with van der Waals surface area (Å²) in [5.41, 5.74) is 4.97. The lowest BCUT2D eigenvalue weighted by Crippen LogP contribution is -2.08. The molecule has 2 heteroatoms. The highest BCUT2D eigenvalue weighted by Crippen LogP contribution is 2.26. The molecule has 0 saturated carbocycles. The average molecular weight is 346 g/mol. The fraction of sp³-hybridized carbons (Fsp3) is 0.250. The Morgan fingerprint density at radius 2 is 1.42 bits per heavy atom. The van der Waals surface area contributed by atoms with Crippen LogP contribution < -0.4 is 4.74 Å². The molecule has 0 N–H and O–H groups in total. The summed E-state index contributed by atoms with van der Waals surface area (Å²) in [6, 6.07) is 27.3. The summed E-state index contributed by atoms with van der Waals surface area (Å²) in [4.78, 5) is 0. The molecule has 26 heavy (non-hydrogen) atoms. The van der Waals surface area contributed by atoms with E-state index in [1.54, 1.807) is 7.11 Å². The standard InChI is InChI=1S/C24H26O2/c1-19-10-14-22(15-11-19)24(21-8-4-3-5-9-21)26-18-6-7-20-12-16-23(25-2)17-13-20/h3-5,8-17,24H,6-7,18H2,1-2H3. The second kappa shape index (κ2) is 9.21. The third-order valence-corrected chi connectivity index (χ3v) is 4.54. The van der Waals surface area contributed by atoms with Crippen LogP contribution in [0.1, 0.15) is 34.8 Å². The number of benzene rings is 3. The highest BCUT2D eigenvalue weighted by molar-refractivity contribution is 5.32. The van der Waals surface area contributed by atoms with Crippen LogP contribution in [-0.2, 0) is 11.2 Å². The van der Waals surface area contributed by atoms with E-state index in [4.69, 9.17) is 9.47 Å². The first-order chi connectivity index (χ1) is 12.8. The minimum Gasteiger partial charge on any atom is -0.497 e. The van der Waals surface area contributed by atoms with E-state index in [0.717, 1.165) is 25.2 Å². The first-order valence-electron chi connectivity index (χ1n) is 9.12. The molecule has 3 rings (SSSR count). The van der Waals surface area contributed by atoms with Crippen LogP contribution in [0.2, 0.25) is 0 Å². The summed E-state index contributed by atoms with van der Waals surface area (Å²) in [5.74, 6) is 0.897. The summed E-state index contributed by atoms with van der Waals surface area (Å²) in [6.45, 7) is 2.83. The van der Waals surface area contributed by atoms with Gasteiger partial charge in [-0.05, 0) is 48.6 Å². The van der Waals surface area contributed by atoms with Crippen LogP contribution in [0.4, 0.5) is 0 Å². The molecule has 0 aliphatic carbocycles. The fourth-order valence-corrected chi connectivity index (χ4v) is 3.02. The van der Waals surface area contributed by atoms with Gasteiger partial charge >= 0.3 is 0 Å². The Kier molecular flexibility index (Phi) is 6.45. The van der Waals surface area contributed by atoms with Crippen molar-refractivity contribution in [3.8, 4) is 5.75 Å². The van der Waals surface area contributed by atoms with Gasteiger partial charge in [0, 0.05) is 6.61 Å². The van der Waals surface area contributed by atoms with Crippen LogP contribution in [0.15, 0.2) is 78.9 Å². The van der Waals surface area contributed by atoms with Crippen LogP contribution in [0.25, 0.3) is 0 Å². The highest BCUT2D eigenvalue weighted by Gasteiger charge is 2.14. The molecule has 1 unspecified atom stereocenters. The van der Waals surface area contributed by atoms with Gasteiger partial charge in [0.05, 0.1) is 7.11 Å². The van der Waals surface area contributed by atoms with Gasteiger partial charge in [-0.15, -0.1) is 0 Å². The van der Waals surface area contributed by atoms with Gasteiger partial charge in [-0.2, -0.15) is 0 Å². The predicted octanol–water partition coefficient (Wildman–Crippen LogP) is 5.74.